The van der Waals surface area contributed by atoms with Crippen molar-refractivity contribution in [2.24, 2.45) is 4.99 Å². The molecular weight excluding hydrogens is 340 g/mol. The molecule has 0 unspecified atom stereocenters. The molecule has 0 spiro atoms. The van der Waals surface area contributed by atoms with E-state index in [1.807, 2.05) is 23.6 Å². The lowest BCUT2D eigenvalue weighted by Crippen LogP contribution is -2.16. The zero-order valence-corrected chi connectivity index (χ0v) is 14.2. The van der Waals surface area contributed by atoms with Crippen LogP contribution >= 0.6 is 11.3 Å². The molecule has 0 saturated heterocycles. The molecule has 0 saturated carbocycles. The third-order valence-corrected chi connectivity index (χ3v) is 4.85. The number of hydrogen-bond donors (Lipinski definition) is 0. The number of benzene rings is 1. The quantitative estimate of drug-likeness (QED) is 0.675. The summed E-state index contributed by atoms with van der Waals surface area (Å²) in [5.74, 6) is 3.55. The molecule has 25 heavy (non-hydrogen) atoms. The highest BCUT2D eigenvalue weighted by Crippen LogP contribution is 2.36. The fourth-order valence-electron chi connectivity index (χ4n) is 2.59. The minimum absolute atomic E-state index is 0.206. The summed E-state index contributed by atoms with van der Waals surface area (Å²) >= 11 is 1.38. The Balaban J connectivity index is 1.84. The number of nitrogens with zero attached hydrogens (tertiary/aromatic N) is 4. The monoisotopic (exact) mass is 354 g/mol. The van der Waals surface area contributed by atoms with Crippen molar-refractivity contribution in [3.63, 3.8) is 0 Å². The first-order valence-electron chi connectivity index (χ1n) is 7.68. The molecule has 1 amide bonds. The molecule has 0 bridgehead atoms. The minimum Gasteiger partial charge on any atom is -0.454 e. The average molecular weight is 354 g/mol. The van der Waals surface area contributed by atoms with E-state index in [-0.39, 0.29) is 6.79 Å². The minimum atomic E-state index is -0.399. The summed E-state index contributed by atoms with van der Waals surface area (Å²) in [7, 11) is 0. The first-order valence-corrected chi connectivity index (χ1v) is 8.50. The smallest absolute Gasteiger partial charge is 0.300 e. The van der Waals surface area contributed by atoms with Gasteiger partial charge in [-0.2, -0.15) is 10.1 Å². The van der Waals surface area contributed by atoms with Gasteiger partial charge in [-0.3, -0.25) is 9.48 Å². The highest BCUT2D eigenvalue weighted by molar-refractivity contribution is 7.16. The lowest BCUT2D eigenvalue weighted by Gasteiger charge is -2.01. The van der Waals surface area contributed by atoms with Gasteiger partial charge in [0.1, 0.15) is 0 Å². The number of ether oxygens (including phenoxy) is 2. The molecule has 0 N–H and O–H groups in total. The van der Waals surface area contributed by atoms with Gasteiger partial charge in [-0.1, -0.05) is 17.3 Å². The fourth-order valence-corrected chi connectivity index (χ4v) is 3.62. The maximum Gasteiger partial charge on any atom is 0.300 e. The van der Waals surface area contributed by atoms with E-state index >= 15 is 0 Å². The highest BCUT2D eigenvalue weighted by atomic mass is 32.1. The number of aryl methyl sites for hydroxylation is 1. The Morgan fingerprint density at radius 3 is 2.96 bits per heavy atom. The van der Waals surface area contributed by atoms with Crippen molar-refractivity contribution >= 4 is 27.5 Å². The molecule has 1 aliphatic heterocycles. The summed E-state index contributed by atoms with van der Waals surface area (Å²) in [6.07, 6.45) is 7.24. The van der Waals surface area contributed by atoms with Gasteiger partial charge in [-0.05, 0) is 13.0 Å². The van der Waals surface area contributed by atoms with Crippen LogP contribution < -0.4 is 14.3 Å². The summed E-state index contributed by atoms with van der Waals surface area (Å²) in [5, 5.41) is 4.19. The van der Waals surface area contributed by atoms with E-state index in [9.17, 15) is 4.79 Å². The summed E-state index contributed by atoms with van der Waals surface area (Å²) in [5.41, 5.74) is 1.17. The van der Waals surface area contributed by atoms with Gasteiger partial charge in [0.15, 0.2) is 22.0 Å². The largest absolute Gasteiger partial charge is 0.454 e. The molecule has 2 aromatic heterocycles. The average Bonchev–Trinajstić information content (AvgIpc) is 3.32. The number of hydrogen-bond acceptors (Lipinski definition) is 5. The Bertz CT molecular complexity index is 1080. The first-order chi connectivity index (χ1) is 12.2. The zero-order valence-electron chi connectivity index (χ0n) is 13.4. The van der Waals surface area contributed by atoms with Crippen molar-refractivity contribution in [1.82, 2.24) is 14.3 Å². The van der Waals surface area contributed by atoms with Gasteiger partial charge in [-0.25, -0.2) is 0 Å². The van der Waals surface area contributed by atoms with E-state index in [0.717, 1.165) is 10.2 Å². The third kappa shape index (κ3) is 2.68. The van der Waals surface area contributed by atoms with E-state index in [4.69, 9.17) is 15.9 Å². The van der Waals surface area contributed by atoms with Crippen LogP contribution in [0.1, 0.15) is 17.4 Å². The number of carbonyl (C=O) groups excluding carboxylic acids is 1. The molecule has 0 atom stereocenters. The summed E-state index contributed by atoms with van der Waals surface area (Å²) in [6.45, 7) is 3.15. The van der Waals surface area contributed by atoms with Crippen molar-refractivity contribution in [2.75, 3.05) is 6.79 Å². The Hall–Kier alpha value is -3.05. The SMILES string of the molecule is C#CCn1c(=NC(=O)c2ccn(CC)n2)sc2cc3c(cc21)OCO3. The molecule has 7 nitrogen and oxygen atoms in total. The molecule has 1 aromatic carbocycles. The van der Waals surface area contributed by atoms with Crippen molar-refractivity contribution in [3.05, 3.63) is 34.9 Å². The van der Waals surface area contributed by atoms with E-state index < -0.39 is 5.91 Å². The molecule has 3 aromatic rings. The number of rotatable bonds is 3. The number of carbonyl (C=O) groups is 1. The van der Waals surface area contributed by atoms with Crippen LogP contribution in [0, 0.1) is 12.3 Å². The van der Waals surface area contributed by atoms with Crippen molar-refractivity contribution < 1.29 is 14.3 Å². The molecular formula is C17H14N4O3S. The summed E-state index contributed by atoms with van der Waals surface area (Å²) < 4.78 is 15.2. The second-order valence-electron chi connectivity index (χ2n) is 5.32. The van der Waals surface area contributed by atoms with Crippen LogP contribution in [0.5, 0.6) is 11.5 Å². The predicted molar refractivity (Wildman–Crippen MR) is 92.6 cm³/mol. The second-order valence-corrected chi connectivity index (χ2v) is 6.33. The zero-order chi connectivity index (χ0) is 17.4. The molecule has 4 rings (SSSR count). The first kappa shape index (κ1) is 15.5. The van der Waals surface area contributed by atoms with Crippen LogP contribution in [0.25, 0.3) is 10.2 Å². The summed E-state index contributed by atoms with van der Waals surface area (Å²) in [6, 6.07) is 5.40. The van der Waals surface area contributed by atoms with Crippen LogP contribution in [0.3, 0.4) is 0 Å². The van der Waals surface area contributed by atoms with Gasteiger partial charge >= 0.3 is 0 Å². The van der Waals surface area contributed by atoms with E-state index in [1.165, 1.54) is 11.3 Å². The normalized spacial score (nSPS) is 13.4. The van der Waals surface area contributed by atoms with E-state index in [2.05, 4.69) is 16.0 Å². The van der Waals surface area contributed by atoms with Gasteiger partial charge in [0.05, 0.1) is 16.8 Å². The maximum atomic E-state index is 12.4. The number of aromatic nitrogens is 3. The molecule has 0 aliphatic carbocycles. The Kier molecular flexibility index (Phi) is 3.78. The van der Waals surface area contributed by atoms with E-state index in [0.29, 0.717) is 35.1 Å². The Morgan fingerprint density at radius 1 is 1.44 bits per heavy atom. The number of thiazole rings is 1. The van der Waals surface area contributed by atoms with Gasteiger partial charge in [-0.15, -0.1) is 6.42 Å². The second kappa shape index (κ2) is 6.11. The highest BCUT2D eigenvalue weighted by Gasteiger charge is 2.18. The molecule has 8 heteroatoms. The Morgan fingerprint density at radius 2 is 2.24 bits per heavy atom. The van der Waals surface area contributed by atoms with E-state index in [1.54, 1.807) is 16.9 Å². The number of terminal acetylenes is 1. The number of amides is 1. The fraction of sp³-hybridized carbons (Fsp3) is 0.235. The molecule has 126 valence electrons. The van der Waals surface area contributed by atoms with Crippen molar-refractivity contribution in [1.29, 1.82) is 0 Å². The molecule has 3 heterocycles. The summed E-state index contributed by atoms with van der Waals surface area (Å²) in [4.78, 5) is 17.2. The van der Waals surface area contributed by atoms with Gasteiger partial charge in [0.2, 0.25) is 6.79 Å². The van der Waals surface area contributed by atoms with Crippen LogP contribution in [0.2, 0.25) is 0 Å². The molecule has 0 radical (unpaired) electrons. The molecule has 1 aliphatic rings. The molecule has 0 fully saturated rings. The lowest BCUT2D eigenvalue weighted by atomic mass is 10.3. The van der Waals surface area contributed by atoms with Gasteiger partial charge in [0.25, 0.3) is 5.91 Å². The third-order valence-electron chi connectivity index (χ3n) is 3.81. The standard InChI is InChI=1S/C17H14N4O3S/c1-3-6-21-12-8-13-14(24-10-23-13)9-15(12)25-17(21)18-16(22)11-5-7-20(4-2)19-11/h1,5,7-9H,4,6,10H2,2H3. The Labute approximate surface area is 147 Å². The van der Waals surface area contributed by atoms with Crippen LogP contribution in [-0.4, -0.2) is 27.0 Å². The van der Waals surface area contributed by atoms with Crippen molar-refractivity contribution in [2.45, 2.75) is 20.0 Å². The van der Waals surface area contributed by atoms with Crippen LogP contribution in [0.4, 0.5) is 0 Å². The van der Waals surface area contributed by atoms with Gasteiger partial charge < -0.3 is 14.0 Å². The van der Waals surface area contributed by atoms with Crippen molar-refractivity contribution in [3.8, 4) is 23.8 Å². The maximum absolute atomic E-state index is 12.4. The topological polar surface area (TPSA) is 70.6 Å². The lowest BCUT2D eigenvalue weighted by molar-refractivity contribution is 0.0992. The van der Waals surface area contributed by atoms with Crippen LogP contribution in [-0.2, 0) is 13.1 Å². The van der Waals surface area contributed by atoms with Gasteiger partial charge in [0, 0.05) is 24.9 Å². The number of fused-ring (bicyclic) bond motifs is 2. The predicted octanol–water partition coefficient (Wildman–Crippen LogP) is 2.02. The van der Waals surface area contributed by atoms with Crippen LogP contribution in [0.15, 0.2) is 29.4 Å².